The van der Waals surface area contributed by atoms with Crippen LogP contribution in [0.25, 0.3) is 0 Å². The van der Waals surface area contributed by atoms with Crippen LogP contribution < -0.4 is 10.2 Å². The molecule has 1 aliphatic rings. The number of aliphatic imine (C=N–C) groups is 1. The Morgan fingerprint density at radius 1 is 1.26 bits per heavy atom. The zero-order chi connectivity index (χ0) is 19.4. The monoisotopic (exact) mass is 398 g/mol. The van der Waals surface area contributed by atoms with Gasteiger partial charge in [-0.25, -0.2) is 9.89 Å². The van der Waals surface area contributed by atoms with Crippen LogP contribution in [0.4, 0.5) is 11.4 Å². The van der Waals surface area contributed by atoms with E-state index in [0.717, 1.165) is 17.3 Å². The lowest BCUT2D eigenvalue weighted by Gasteiger charge is -2.15. The van der Waals surface area contributed by atoms with Crippen molar-refractivity contribution < 1.29 is 9.59 Å². The van der Waals surface area contributed by atoms with Gasteiger partial charge in [0.05, 0.1) is 16.4 Å². The Bertz CT molecular complexity index is 953. The molecule has 1 fully saturated rings. The van der Waals surface area contributed by atoms with Crippen molar-refractivity contribution in [2.24, 2.45) is 4.99 Å². The molecular formula is C19H15ClN4O2S. The van der Waals surface area contributed by atoms with Crippen molar-refractivity contribution in [3.63, 3.8) is 0 Å². The van der Waals surface area contributed by atoms with Gasteiger partial charge >= 0.3 is 0 Å². The fraction of sp³-hybridized carbons (Fsp3) is 0.158. The topological polar surface area (TPSA) is 85.6 Å². The van der Waals surface area contributed by atoms with Gasteiger partial charge < -0.3 is 0 Å². The molecule has 1 atom stereocenters. The van der Waals surface area contributed by atoms with Gasteiger partial charge in [0, 0.05) is 6.42 Å². The minimum absolute atomic E-state index is 0.0338. The minimum atomic E-state index is -0.666. The summed E-state index contributed by atoms with van der Waals surface area (Å²) < 4.78 is 0. The fourth-order valence-corrected chi connectivity index (χ4v) is 3.71. The zero-order valence-electron chi connectivity index (χ0n) is 14.3. The van der Waals surface area contributed by atoms with E-state index in [0.29, 0.717) is 16.4 Å². The molecule has 2 aromatic rings. The first-order valence-electron chi connectivity index (χ1n) is 8.08. The smallest absolute Gasteiger partial charge is 0.247 e. The first-order chi connectivity index (χ1) is 13.0. The van der Waals surface area contributed by atoms with Crippen molar-refractivity contribution >= 4 is 51.7 Å². The first kappa shape index (κ1) is 19.0. The van der Waals surface area contributed by atoms with E-state index in [9.17, 15) is 9.59 Å². The van der Waals surface area contributed by atoms with Crippen LogP contribution in [0.5, 0.6) is 0 Å². The molecule has 0 unspecified atom stereocenters. The highest BCUT2D eigenvalue weighted by molar-refractivity contribution is 8.15. The highest BCUT2D eigenvalue weighted by Gasteiger charge is 2.40. The summed E-state index contributed by atoms with van der Waals surface area (Å²) in [6.07, 6.45) is 1.84. The van der Waals surface area contributed by atoms with Crippen molar-refractivity contribution in [1.29, 1.82) is 5.26 Å². The van der Waals surface area contributed by atoms with E-state index in [1.54, 1.807) is 42.6 Å². The standard InChI is InChI=1S/C19H15ClN4O2S/c1-12-6-8-13(9-7-12)24-17(25)10-16(18(24)26)27-19(22-11-21)23-15-5-3-2-4-14(15)20/h2-9,16H,10H2,1H3,(H,22,23)/t16-/m1/s1. The average Bonchev–Trinajstić information content (AvgIpc) is 2.92. The molecule has 1 saturated heterocycles. The molecule has 0 spiro atoms. The maximum absolute atomic E-state index is 12.8. The van der Waals surface area contributed by atoms with Gasteiger partial charge in [0.1, 0.15) is 5.25 Å². The number of aryl methyl sites for hydroxylation is 1. The summed E-state index contributed by atoms with van der Waals surface area (Å²) in [5.74, 6) is -0.615. The maximum Gasteiger partial charge on any atom is 0.247 e. The Morgan fingerprint density at radius 2 is 1.96 bits per heavy atom. The molecule has 0 aromatic heterocycles. The second-order valence-corrected chi connectivity index (χ2v) is 7.42. The number of hydrogen-bond donors (Lipinski definition) is 1. The Balaban J connectivity index is 1.82. The summed E-state index contributed by atoms with van der Waals surface area (Å²) in [4.78, 5) is 30.6. The van der Waals surface area contributed by atoms with Gasteiger partial charge in [-0.1, -0.05) is 53.2 Å². The molecule has 3 rings (SSSR count). The lowest BCUT2D eigenvalue weighted by Crippen LogP contribution is -2.32. The molecule has 27 heavy (non-hydrogen) atoms. The molecular weight excluding hydrogens is 384 g/mol. The number of thioether (sulfide) groups is 1. The molecule has 1 N–H and O–H groups in total. The van der Waals surface area contributed by atoms with Gasteiger partial charge in [0.2, 0.25) is 11.8 Å². The number of carbonyl (C=O) groups is 2. The van der Waals surface area contributed by atoms with Gasteiger partial charge in [0.15, 0.2) is 11.4 Å². The largest absolute Gasteiger partial charge is 0.274 e. The number of para-hydroxylation sites is 1. The molecule has 0 radical (unpaired) electrons. The highest BCUT2D eigenvalue weighted by Crippen LogP contribution is 2.32. The molecule has 136 valence electrons. The van der Waals surface area contributed by atoms with Crippen molar-refractivity contribution in [2.45, 2.75) is 18.6 Å². The Kier molecular flexibility index (Phi) is 5.79. The van der Waals surface area contributed by atoms with Crippen LogP contribution in [-0.4, -0.2) is 22.2 Å². The number of imide groups is 1. The summed E-state index contributed by atoms with van der Waals surface area (Å²) in [7, 11) is 0. The Hall–Kier alpha value is -2.82. The molecule has 6 nitrogen and oxygen atoms in total. The van der Waals surface area contributed by atoms with Crippen LogP contribution in [0.1, 0.15) is 12.0 Å². The van der Waals surface area contributed by atoms with Gasteiger partial charge in [-0.15, -0.1) is 0 Å². The zero-order valence-corrected chi connectivity index (χ0v) is 15.9. The lowest BCUT2D eigenvalue weighted by atomic mass is 10.2. The van der Waals surface area contributed by atoms with Crippen molar-refractivity contribution in [3.05, 3.63) is 59.1 Å². The van der Waals surface area contributed by atoms with Crippen molar-refractivity contribution in [3.8, 4) is 6.19 Å². The van der Waals surface area contributed by atoms with E-state index in [-0.39, 0.29) is 23.4 Å². The van der Waals surface area contributed by atoms with Crippen LogP contribution >= 0.6 is 23.4 Å². The normalized spacial score (nSPS) is 17.1. The average molecular weight is 399 g/mol. The van der Waals surface area contributed by atoms with Crippen molar-refractivity contribution in [1.82, 2.24) is 5.32 Å². The number of rotatable bonds is 3. The quantitative estimate of drug-likeness (QED) is 0.279. The number of nitrogens with one attached hydrogen (secondary N) is 1. The number of carbonyl (C=O) groups excluding carboxylic acids is 2. The van der Waals surface area contributed by atoms with Crippen LogP contribution in [0.2, 0.25) is 5.02 Å². The number of nitrogens with zero attached hydrogens (tertiary/aromatic N) is 3. The molecule has 1 heterocycles. The van der Waals surface area contributed by atoms with Crippen LogP contribution in [0.15, 0.2) is 53.5 Å². The van der Waals surface area contributed by atoms with E-state index in [1.807, 2.05) is 19.1 Å². The minimum Gasteiger partial charge on any atom is -0.274 e. The second kappa shape index (κ2) is 8.25. The van der Waals surface area contributed by atoms with Gasteiger partial charge in [-0.2, -0.15) is 5.26 Å². The van der Waals surface area contributed by atoms with E-state index in [4.69, 9.17) is 16.9 Å². The predicted molar refractivity (Wildman–Crippen MR) is 107 cm³/mol. The lowest BCUT2D eigenvalue weighted by molar-refractivity contribution is -0.121. The maximum atomic E-state index is 12.8. The van der Waals surface area contributed by atoms with E-state index < -0.39 is 5.25 Å². The number of benzene rings is 2. The molecule has 2 amide bonds. The van der Waals surface area contributed by atoms with Crippen LogP contribution in [-0.2, 0) is 9.59 Å². The molecule has 0 saturated carbocycles. The summed E-state index contributed by atoms with van der Waals surface area (Å²) >= 11 is 7.14. The van der Waals surface area contributed by atoms with E-state index >= 15 is 0 Å². The summed E-state index contributed by atoms with van der Waals surface area (Å²) in [6, 6.07) is 14.1. The number of nitriles is 1. The number of amidine groups is 1. The summed E-state index contributed by atoms with van der Waals surface area (Å²) in [5, 5.41) is 11.4. The number of anilines is 1. The van der Waals surface area contributed by atoms with Crippen LogP contribution in [0, 0.1) is 18.4 Å². The highest BCUT2D eigenvalue weighted by atomic mass is 35.5. The Labute approximate surface area is 165 Å². The van der Waals surface area contributed by atoms with Gasteiger partial charge in [-0.3, -0.25) is 14.9 Å². The number of amides is 2. The third-order valence-electron chi connectivity index (χ3n) is 3.89. The second-order valence-electron chi connectivity index (χ2n) is 5.82. The SMILES string of the molecule is Cc1ccc(N2C(=O)C[C@@H](SC(=Nc3ccccc3Cl)NC#N)C2=O)cc1. The molecule has 2 aromatic carbocycles. The predicted octanol–water partition coefficient (Wildman–Crippen LogP) is 3.77. The molecule has 1 aliphatic heterocycles. The first-order valence-corrected chi connectivity index (χ1v) is 9.34. The molecule has 0 aliphatic carbocycles. The van der Waals surface area contributed by atoms with Gasteiger partial charge in [0.25, 0.3) is 0 Å². The third kappa shape index (κ3) is 4.30. The number of halogens is 1. The number of hydrogen-bond acceptors (Lipinski definition) is 5. The van der Waals surface area contributed by atoms with Crippen molar-refractivity contribution in [2.75, 3.05) is 4.90 Å². The Morgan fingerprint density at radius 3 is 2.63 bits per heavy atom. The van der Waals surface area contributed by atoms with Gasteiger partial charge in [-0.05, 0) is 31.2 Å². The summed E-state index contributed by atoms with van der Waals surface area (Å²) in [5.41, 5.74) is 2.05. The van der Waals surface area contributed by atoms with E-state index in [2.05, 4.69) is 10.3 Å². The third-order valence-corrected chi connectivity index (χ3v) is 5.28. The van der Waals surface area contributed by atoms with E-state index in [1.165, 1.54) is 4.90 Å². The van der Waals surface area contributed by atoms with Crippen LogP contribution in [0.3, 0.4) is 0 Å². The fourth-order valence-electron chi connectivity index (χ4n) is 2.58. The molecule has 0 bridgehead atoms. The summed E-state index contributed by atoms with van der Waals surface area (Å²) in [6.45, 7) is 1.93. The molecule has 8 heteroatoms.